The average Bonchev–Trinajstić information content (AvgIpc) is 2.83. The minimum atomic E-state index is -0.119. The summed E-state index contributed by atoms with van der Waals surface area (Å²) in [5.74, 6) is -0.119. The molecule has 2 aromatic rings. The van der Waals surface area contributed by atoms with E-state index in [0.29, 0.717) is 23.2 Å². The zero-order valence-electron chi connectivity index (χ0n) is 20.7. The Balaban J connectivity index is 1.66. The van der Waals surface area contributed by atoms with Gasteiger partial charge in [0.05, 0.1) is 0 Å². The summed E-state index contributed by atoms with van der Waals surface area (Å²) < 4.78 is 0. The van der Waals surface area contributed by atoms with Gasteiger partial charge in [0.25, 0.3) is 11.5 Å². The molecule has 0 spiro atoms. The van der Waals surface area contributed by atoms with Gasteiger partial charge in [0.15, 0.2) is 0 Å². The molecule has 1 amide bonds. The van der Waals surface area contributed by atoms with Crippen molar-refractivity contribution in [3.05, 3.63) is 74.7 Å². The van der Waals surface area contributed by atoms with Crippen LogP contribution < -0.4 is 21.1 Å². The van der Waals surface area contributed by atoms with Crippen LogP contribution in [-0.2, 0) is 19.4 Å². The molecule has 1 aliphatic carbocycles. The first-order chi connectivity index (χ1) is 16.5. The number of amides is 1. The summed E-state index contributed by atoms with van der Waals surface area (Å²) in [5, 5.41) is 6.47. The molecule has 3 N–H and O–H groups in total. The topological polar surface area (TPSA) is 77.2 Å². The summed E-state index contributed by atoms with van der Waals surface area (Å²) in [6.07, 6.45) is 11.4. The van der Waals surface area contributed by atoms with Crippen molar-refractivity contribution >= 4 is 11.6 Å². The van der Waals surface area contributed by atoms with Crippen molar-refractivity contribution in [1.29, 1.82) is 0 Å². The molecule has 6 nitrogen and oxygen atoms in total. The molecule has 0 radical (unpaired) electrons. The molecule has 1 aromatic carbocycles. The van der Waals surface area contributed by atoms with E-state index >= 15 is 0 Å². The number of hydrogen-bond acceptors (Lipinski definition) is 4. The van der Waals surface area contributed by atoms with Crippen LogP contribution in [0.2, 0.25) is 0 Å². The molecular formula is C28H38N4O2. The highest BCUT2D eigenvalue weighted by molar-refractivity contribution is 5.97. The van der Waals surface area contributed by atoms with Crippen molar-refractivity contribution in [2.75, 3.05) is 18.5 Å². The second kappa shape index (κ2) is 11.0. The number of aryl methyl sites for hydroxylation is 2. The molecule has 0 unspecified atom stereocenters. The highest BCUT2D eigenvalue weighted by Crippen LogP contribution is 2.32. The van der Waals surface area contributed by atoms with Gasteiger partial charge in [0, 0.05) is 47.7 Å². The quantitative estimate of drug-likeness (QED) is 0.600. The van der Waals surface area contributed by atoms with Gasteiger partial charge in [0.1, 0.15) is 0 Å². The Morgan fingerprint density at radius 3 is 2.62 bits per heavy atom. The van der Waals surface area contributed by atoms with E-state index in [9.17, 15) is 9.59 Å². The number of anilines is 1. The van der Waals surface area contributed by atoms with Gasteiger partial charge in [-0.1, -0.05) is 18.2 Å². The fourth-order valence-corrected chi connectivity index (χ4v) is 5.60. The minimum absolute atomic E-state index is 0.111. The van der Waals surface area contributed by atoms with Crippen molar-refractivity contribution in [1.82, 2.24) is 15.6 Å². The Hall–Kier alpha value is -2.86. The number of rotatable bonds is 4. The van der Waals surface area contributed by atoms with Crippen LogP contribution in [-0.4, -0.2) is 36.6 Å². The van der Waals surface area contributed by atoms with E-state index in [0.717, 1.165) is 55.5 Å². The molecule has 2 heterocycles. The van der Waals surface area contributed by atoms with Crippen molar-refractivity contribution in [3.63, 3.8) is 0 Å². The molecule has 0 atom stereocenters. The number of carbonyl (C=O) groups excluding carboxylic acids is 1. The van der Waals surface area contributed by atoms with Crippen LogP contribution in [0.3, 0.4) is 0 Å². The molecular weight excluding hydrogens is 424 g/mol. The number of nitrogens with zero attached hydrogens (tertiary/aromatic N) is 1. The molecule has 1 aromatic heterocycles. The normalized spacial score (nSPS) is 21.9. The summed E-state index contributed by atoms with van der Waals surface area (Å²) in [5.41, 5.74) is 5.35. The van der Waals surface area contributed by atoms with E-state index in [4.69, 9.17) is 0 Å². The van der Waals surface area contributed by atoms with E-state index in [1.807, 2.05) is 25.1 Å². The summed E-state index contributed by atoms with van der Waals surface area (Å²) in [6.45, 7) is 5.26. The van der Waals surface area contributed by atoms with Gasteiger partial charge in [-0.25, -0.2) is 0 Å². The fraction of sp³-hybridized carbons (Fsp3) is 0.500. The van der Waals surface area contributed by atoms with Crippen LogP contribution in [0.1, 0.15) is 71.8 Å². The maximum atomic E-state index is 13.4. The van der Waals surface area contributed by atoms with Crippen LogP contribution in [0, 0.1) is 6.92 Å². The molecule has 2 aliphatic rings. The van der Waals surface area contributed by atoms with E-state index < -0.39 is 0 Å². The van der Waals surface area contributed by atoms with Gasteiger partial charge < -0.3 is 20.5 Å². The summed E-state index contributed by atoms with van der Waals surface area (Å²) in [6, 6.07) is 9.20. The lowest BCUT2D eigenvalue weighted by atomic mass is 9.89. The second-order valence-electron chi connectivity index (χ2n) is 9.57. The third kappa shape index (κ3) is 5.27. The highest BCUT2D eigenvalue weighted by Gasteiger charge is 2.27. The Kier molecular flexibility index (Phi) is 7.88. The van der Waals surface area contributed by atoms with Crippen molar-refractivity contribution in [3.8, 4) is 0 Å². The van der Waals surface area contributed by atoms with E-state index in [-0.39, 0.29) is 18.0 Å². The molecule has 4 rings (SSSR count). The van der Waals surface area contributed by atoms with Gasteiger partial charge in [-0.2, -0.15) is 0 Å². The smallest absolute Gasteiger partial charge is 0.253 e. The number of benzene rings is 1. The number of H-pyrrole nitrogens is 1. The highest BCUT2D eigenvalue weighted by atomic mass is 16.1. The standard InChI is InChI=1S/C28H38N4O2/c1-4-32(22-15-13-21(29-3)14-16-22)26-12-8-11-24-23(26)10-7-5-6-9-20-17-19(2)31-28(34)25(20)18-30-27(24)33/h5,7-8,11-12,17,21-22,29H,4,6,9-10,13-16,18H2,1-3H3,(H,30,33)(H,31,34)/b7-5+. The van der Waals surface area contributed by atoms with Gasteiger partial charge in [0.2, 0.25) is 0 Å². The number of nitrogens with one attached hydrogen (secondary N) is 3. The van der Waals surface area contributed by atoms with Gasteiger partial charge in [-0.15, -0.1) is 0 Å². The Morgan fingerprint density at radius 1 is 1.09 bits per heavy atom. The Labute approximate surface area is 202 Å². The number of aromatic amines is 1. The molecule has 34 heavy (non-hydrogen) atoms. The van der Waals surface area contributed by atoms with E-state index in [1.54, 1.807) is 0 Å². The third-order valence-electron chi connectivity index (χ3n) is 7.45. The van der Waals surface area contributed by atoms with Crippen LogP contribution in [0.25, 0.3) is 0 Å². The SMILES string of the molecule is CCN(c1cccc2c1C/C=C/CCc1cc(C)[nH]c(=O)c1CNC2=O)C1CCC(NC)CC1. The van der Waals surface area contributed by atoms with Crippen molar-refractivity contribution in [2.24, 2.45) is 0 Å². The van der Waals surface area contributed by atoms with Crippen molar-refractivity contribution < 1.29 is 4.79 Å². The van der Waals surface area contributed by atoms with Crippen LogP contribution in [0.4, 0.5) is 5.69 Å². The van der Waals surface area contributed by atoms with Crippen molar-refractivity contribution in [2.45, 2.75) is 77.4 Å². The molecule has 1 saturated carbocycles. The van der Waals surface area contributed by atoms with Gasteiger partial charge >= 0.3 is 0 Å². The van der Waals surface area contributed by atoms with E-state index in [1.165, 1.54) is 18.5 Å². The maximum Gasteiger partial charge on any atom is 0.253 e. The lowest BCUT2D eigenvalue weighted by molar-refractivity contribution is 0.0950. The second-order valence-corrected chi connectivity index (χ2v) is 9.57. The summed E-state index contributed by atoms with van der Waals surface area (Å²) >= 11 is 0. The van der Waals surface area contributed by atoms with Crippen LogP contribution in [0.5, 0.6) is 0 Å². The minimum Gasteiger partial charge on any atom is -0.369 e. The Bertz CT molecular complexity index is 1100. The lowest BCUT2D eigenvalue weighted by Gasteiger charge is -2.39. The molecule has 0 saturated heterocycles. The first-order valence-corrected chi connectivity index (χ1v) is 12.7. The number of pyridine rings is 1. The number of hydrogen-bond donors (Lipinski definition) is 3. The van der Waals surface area contributed by atoms with Gasteiger partial charge in [-0.05, 0) is 95.2 Å². The van der Waals surface area contributed by atoms with Gasteiger partial charge in [-0.3, -0.25) is 9.59 Å². The summed E-state index contributed by atoms with van der Waals surface area (Å²) in [7, 11) is 2.05. The predicted octanol–water partition coefficient (Wildman–Crippen LogP) is 4.02. The zero-order valence-corrected chi connectivity index (χ0v) is 20.7. The number of allylic oxidation sites excluding steroid dienone is 2. The molecule has 0 bridgehead atoms. The van der Waals surface area contributed by atoms with E-state index in [2.05, 4.69) is 52.7 Å². The maximum absolute atomic E-state index is 13.4. The van der Waals surface area contributed by atoms with Crippen LogP contribution in [0.15, 0.2) is 41.2 Å². The number of fused-ring (bicyclic) bond motifs is 2. The largest absolute Gasteiger partial charge is 0.369 e. The zero-order chi connectivity index (χ0) is 24.1. The fourth-order valence-electron chi connectivity index (χ4n) is 5.60. The monoisotopic (exact) mass is 462 g/mol. The third-order valence-corrected chi connectivity index (χ3v) is 7.45. The first kappa shape index (κ1) is 24.3. The first-order valence-electron chi connectivity index (χ1n) is 12.7. The molecule has 1 fully saturated rings. The van der Waals surface area contributed by atoms with Crippen LogP contribution >= 0.6 is 0 Å². The average molecular weight is 463 g/mol. The number of carbonyl (C=O) groups is 1. The molecule has 1 aliphatic heterocycles. The summed E-state index contributed by atoms with van der Waals surface area (Å²) in [4.78, 5) is 31.4. The Morgan fingerprint density at radius 2 is 1.88 bits per heavy atom. The molecule has 182 valence electrons. The number of aromatic nitrogens is 1. The molecule has 6 heteroatoms. The lowest BCUT2D eigenvalue weighted by Crippen LogP contribution is -2.42. The predicted molar refractivity (Wildman–Crippen MR) is 139 cm³/mol.